The zero-order chi connectivity index (χ0) is 20.8. The summed E-state index contributed by atoms with van der Waals surface area (Å²) in [5.74, 6) is 0.334. The molecule has 2 aliphatic heterocycles. The van der Waals surface area contributed by atoms with E-state index in [0.717, 1.165) is 11.1 Å². The maximum absolute atomic E-state index is 12.9. The molecule has 1 spiro atoms. The van der Waals surface area contributed by atoms with Crippen LogP contribution in [0.4, 0.5) is 5.69 Å². The molecule has 1 saturated heterocycles. The number of carbonyl (C=O) groups excluding carboxylic acids is 2. The Hall–Kier alpha value is -3.22. The Kier molecular flexibility index (Phi) is 4.61. The minimum absolute atomic E-state index is 0.0715. The highest BCUT2D eigenvalue weighted by Crippen LogP contribution is 2.41. The van der Waals surface area contributed by atoms with Gasteiger partial charge < -0.3 is 9.64 Å². The van der Waals surface area contributed by atoms with Crippen molar-refractivity contribution in [2.75, 3.05) is 13.1 Å². The van der Waals surface area contributed by atoms with E-state index in [1.165, 1.54) is 12.1 Å². The van der Waals surface area contributed by atoms with Gasteiger partial charge in [-0.05, 0) is 37.1 Å². The molecule has 7 nitrogen and oxygen atoms in total. The first-order valence-electron chi connectivity index (χ1n) is 9.66. The number of nitrogens with zero attached hydrogens (tertiary/aromatic N) is 2. The number of hydrogen-bond donors (Lipinski definition) is 0. The predicted molar refractivity (Wildman–Crippen MR) is 106 cm³/mol. The van der Waals surface area contributed by atoms with E-state index in [0.29, 0.717) is 37.2 Å². The number of benzene rings is 2. The Morgan fingerprint density at radius 3 is 2.55 bits per heavy atom. The first-order chi connectivity index (χ1) is 13.8. The molecule has 0 unspecified atom stereocenters. The quantitative estimate of drug-likeness (QED) is 0.570. The summed E-state index contributed by atoms with van der Waals surface area (Å²) in [5, 5.41) is 11.2. The minimum Gasteiger partial charge on any atom is -0.486 e. The average molecular weight is 394 g/mol. The highest BCUT2D eigenvalue weighted by molar-refractivity contribution is 6.02. The molecular formula is C22H22N2O5. The Bertz CT molecular complexity index is 1020. The van der Waals surface area contributed by atoms with Crippen LogP contribution in [-0.2, 0) is 0 Å². The maximum atomic E-state index is 12.9. The lowest BCUT2D eigenvalue weighted by atomic mass is 9.81. The van der Waals surface area contributed by atoms with Crippen LogP contribution in [0.3, 0.4) is 0 Å². The fourth-order valence-electron chi connectivity index (χ4n) is 4.40. The molecule has 1 fully saturated rings. The van der Waals surface area contributed by atoms with Gasteiger partial charge in [0.25, 0.3) is 11.6 Å². The number of aryl methyl sites for hydroxylation is 2. The van der Waals surface area contributed by atoms with Crippen LogP contribution in [0, 0.1) is 24.0 Å². The number of fused-ring (bicyclic) bond motifs is 1. The van der Waals surface area contributed by atoms with E-state index in [1.807, 2.05) is 26.0 Å². The first-order valence-corrected chi connectivity index (χ1v) is 9.66. The number of ether oxygens (including phenoxy) is 1. The smallest absolute Gasteiger partial charge is 0.282 e. The van der Waals surface area contributed by atoms with Crippen molar-refractivity contribution in [1.82, 2.24) is 4.90 Å². The molecule has 29 heavy (non-hydrogen) atoms. The second kappa shape index (κ2) is 6.99. The average Bonchev–Trinajstić information content (AvgIpc) is 2.67. The van der Waals surface area contributed by atoms with Crippen LogP contribution >= 0.6 is 0 Å². The Morgan fingerprint density at radius 1 is 1.17 bits per heavy atom. The van der Waals surface area contributed by atoms with E-state index < -0.39 is 10.5 Å². The maximum Gasteiger partial charge on any atom is 0.282 e. The lowest BCUT2D eigenvalue weighted by Gasteiger charge is -2.44. The van der Waals surface area contributed by atoms with Crippen LogP contribution < -0.4 is 4.74 Å². The van der Waals surface area contributed by atoms with Gasteiger partial charge in [-0.3, -0.25) is 19.7 Å². The summed E-state index contributed by atoms with van der Waals surface area (Å²) in [5.41, 5.74) is 1.88. The highest BCUT2D eigenvalue weighted by Gasteiger charge is 2.44. The topological polar surface area (TPSA) is 89.8 Å². The second-order valence-corrected chi connectivity index (χ2v) is 7.91. The molecule has 0 bridgehead atoms. The molecule has 0 N–H and O–H groups in total. The number of likely N-dealkylation sites (tertiary alicyclic amines) is 1. The summed E-state index contributed by atoms with van der Waals surface area (Å²) in [6.45, 7) is 4.66. The van der Waals surface area contributed by atoms with Gasteiger partial charge in [-0.2, -0.15) is 0 Å². The third-order valence-corrected chi connectivity index (χ3v) is 5.82. The molecule has 1 amide bonds. The number of rotatable bonds is 2. The van der Waals surface area contributed by atoms with Gasteiger partial charge in [0.15, 0.2) is 5.78 Å². The lowest BCUT2D eigenvalue weighted by Crippen LogP contribution is -2.52. The van der Waals surface area contributed by atoms with Crippen molar-refractivity contribution in [2.24, 2.45) is 0 Å². The van der Waals surface area contributed by atoms with Crippen LogP contribution in [0.5, 0.6) is 5.75 Å². The van der Waals surface area contributed by atoms with Crippen LogP contribution in [0.1, 0.15) is 51.1 Å². The van der Waals surface area contributed by atoms with E-state index in [4.69, 9.17) is 4.74 Å². The molecule has 2 aromatic carbocycles. The zero-order valence-corrected chi connectivity index (χ0v) is 16.4. The number of piperidine rings is 1. The summed E-state index contributed by atoms with van der Waals surface area (Å²) in [6, 6.07) is 9.85. The van der Waals surface area contributed by atoms with E-state index in [-0.39, 0.29) is 29.4 Å². The number of para-hydroxylation sites is 1. The molecule has 0 aromatic heterocycles. The summed E-state index contributed by atoms with van der Waals surface area (Å²) in [6.07, 6.45) is 1.31. The first kappa shape index (κ1) is 19.1. The number of carbonyl (C=O) groups is 2. The summed E-state index contributed by atoms with van der Waals surface area (Å²) < 4.78 is 6.32. The van der Waals surface area contributed by atoms with Crippen molar-refractivity contribution in [3.8, 4) is 5.75 Å². The van der Waals surface area contributed by atoms with Crippen molar-refractivity contribution in [3.63, 3.8) is 0 Å². The Balaban J connectivity index is 1.53. The number of hydrogen-bond acceptors (Lipinski definition) is 5. The number of ketones is 1. The van der Waals surface area contributed by atoms with Crippen LogP contribution in [0.2, 0.25) is 0 Å². The van der Waals surface area contributed by atoms with Crippen molar-refractivity contribution >= 4 is 17.4 Å². The van der Waals surface area contributed by atoms with Crippen molar-refractivity contribution in [2.45, 2.75) is 38.7 Å². The number of Topliss-reactive ketones (excluding diaryl/α,β-unsaturated/α-hetero) is 1. The molecule has 2 heterocycles. The molecule has 2 aliphatic rings. The van der Waals surface area contributed by atoms with E-state index in [9.17, 15) is 19.7 Å². The van der Waals surface area contributed by atoms with Crippen molar-refractivity contribution in [1.29, 1.82) is 0 Å². The fraction of sp³-hybridized carbons (Fsp3) is 0.364. The standard InChI is InChI=1S/C22H22N2O5/c1-14-11-15(2)20-18(25)13-22(29-19(20)12-14)7-9-23(10-8-22)21(26)16-5-3-4-6-17(16)24(27)28/h3-6,11-12H,7-10,13H2,1-2H3. The minimum atomic E-state index is -0.621. The van der Waals surface area contributed by atoms with Gasteiger partial charge in [0.2, 0.25) is 0 Å². The van der Waals surface area contributed by atoms with Gasteiger partial charge in [-0.1, -0.05) is 18.2 Å². The zero-order valence-electron chi connectivity index (χ0n) is 16.4. The van der Waals surface area contributed by atoms with Gasteiger partial charge in [-0.15, -0.1) is 0 Å². The molecule has 150 valence electrons. The van der Waals surface area contributed by atoms with E-state index in [1.54, 1.807) is 17.0 Å². The predicted octanol–water partition coefficient (Wildman–Crippen LogP) is 3.85. The lowest BCUT2D eigenvalue weighted by molar-refractivity contribution is -0.385. The van der Waals surface area contributed by atoms with Gasteiger partial charge in [0, 0.05) is 32.0 Å². The molecule has 2 aromatic rings. The van der Waals surface area contributed by atoms with Crippen molar-refractivity contribution in [3.05, 3.63) is 68.8 Å². The SMILES string of the molecule is Cc1cc(C)c2c(c1)OC1(CCN(C(=O)c3ccccc3[N+](=O)[O-])CC1)CC2=O. The molecule has 0 atom stereocenters. The fourth-order valence-corrected chi connectivity index (χ4v) is 4.40. The molecule has 4 rings (SSSR count). The van der Waals surface area contributed by atoms with Gasteiger partial charge in [-0.25, -0.2) is 0 Å². The van der Waals surface area contributed by atoms with E-state index in [2.05, 4.69) is 0 Å². The van der Waals surface area contributed by atoms with Crippen LogP contribution in [0.25, 0.3) is 0 Å². The number of nitro groups is 1. The Morgan fingerprint density at radius 2 is 1.86 bits per heavy atom. The third kappa shape index (κ3) is 3.37. The van der Waals surface area contributed by atoms with Crippen LogP contribution in [-0.4, -0.2) is 40.2 Å². The monoisotopic (exact) mass is 394 g/mol. The van der Waals surface area contributed by atoms with Gasteiger partial charge >= 0.3 is 0 Å². The molecule has 0 aliphatic carbocycles. The number of amides is 1. The largest absolute Gasteiger partial charge is 0.486 e. The normalized spacial score (nSPS) is 17.6. The summed E-state index contributed by atoms with van der Waals surface area (Å²) >= 11 is 0. The third-order valence-electron chi connectivity index (χ3n) is 5.82. The van der Waals surface area contributed by atoms with Gasteiger partial charge in [0.1, 0.15) is 16.9 Å². The molecule has 0 radical (unpaired) electrons. The summed E-state index contributed by atoms with van der Waals surface area (Å²) in [4.78, 5) is 38.0. The highest BCUT2D eigenvalue weighted by atomic mass is 16.6. The molecule has 0 saturated carbocycles. The Labute approximate surface area is 168 Å². The number of nitro benzene ring substituents is 1. The van der Waals surface area contributed by atoms with E-state index >= 15 is 0 Å². The second-order valence-electron chi connectivity index (χ2n) is 7.91. The van der Waals surface area contributed by atoms with Crippen LogP contribution in [0.15, 0.2) is 36.4 Å². The molecular weight excluding hydrogens is 372 g/mol. The summed E-state index contributed by atoms with van der Waals surface area (Å²) in [7, 11) is 0. The molecule has 7 heteroatoms. The van der Waals surface area contributed by atoms with Crippen molar-refractivity contribution < 1.29 is 19.2 Å². The van der Waals surface area contributed by atoms with Gasteiger partial charge in [0.05, 0.1) is 16.9 Å².